The van der Waals surface area contributed by atoms with Crippen LogP contribution in [0.3, 0.4) is 0 Å². The maximum atomic E-state index is 12.8. The van der Waals surface area contributed by atoms with Gasteiger partial charge in [0.1, 0.15) is 5.75 Å². The third kappa shape index (κ3) is 5.09. The molecule has 0 aliphatic rings. The van der Waals surface area contributed by atoms with Gasteiger partial charge in [0.25, 0.3) is 0 Å². The molecule has 2 aromatic carbocycles. The number of methoxy groups -OCH3 is 1. The first-order chi connectivity index (χ1) is 13.2. The number of nitrogens with one attached hydrogen (secondary N) is 1. The molecular weight excluding hydrogens is 404 g/mol. The molecule has 0 aliphatic carbocycles. The molecule has 0 bridgehead atoms. The molecule has 0 aromatic heterocycles. The van der Waals surface area contributed by atoms with Gasteiger partial charge >= 0.3 is 0 Å². The fraction of sp³-hybridized carbons (Fsp3) is 0.263. The van der Waals surface area contributed by atoms with Crippen LogP contribution >= 0.6 is 11.6 Å². The van der Waals surface area contributed by atoms with Crippen molar-refractivity contribution in [1.29, 1.82) is 0 Å². The molecule has 2 aromatic rings. The number of halogens is 1. The summed E-state index contributed by atoms with van der Waals surface area (Å²) in [6.07, 6.45) is 0. The summed E-state index contributed by atoms with van der Waals surface area (Å²) in [6.45, 7) is 2.76. The maximum absolute atomic E-state index is 12.8. The standard InChI is InChI=1S/C19H21ClN2O5S/c1-4-22(28(25,26)16-8-9-18(27-3)17(20)11-16)12-19(24)21-15-7-5-6-14(10-15)13(2)23/h5-11H,4,12H2,1-3H3,(H,21,24). The number of Topliss-reactive ketones (excluding diaryl/α,β-unsaturated/α-hetero) is 1. The molecule has 7 nitrogen and oxygen atoms in total. The van der Waals surface area contributed by atoms with Crippen LogP contribution in [0.2, 0.25) is 5.02 Å². The van der Waals surface area contributed by atoms with Gasteiger partial charge in [0.15, 0.2) is 5.78 Å². The molecule has 0 radical (unpaired) electrons. The quantitative estimate of drug-likeness (QED) is 0.657. The van der Waals surface area contributed by atoms with Crippen molar-refractivity contribution in [2.45, 2.75) is 18.7 Å². The Morgan fingerprint density at radius 3 is 2.46 bits per heavy atom. The van der Waals surface area contributed by atoms with Crippen molar-refractivity contribution in [3.63, 3.8) is 0 Å². The van der Waals surface area contributed by atoms with Gasteiger partial charge < -0.3 is 10.1 Å². The third-order valence-electron chi connectivity index (χ3n) is 3.99. The minimum atomic E-state index is -3.93. The zero-order valence-corrected chi connectivity index (χ0v) is 17.3. The van der Waals surface area contributed by atoms with E-state index < -0.39 is 15.9 Å². The first-order valence-corrected chi connectivity index (χ1v) is 10.3. The number of hydrogen-bond donors (Lipinski definition) is 1. The molecule has 0 saturated carbocycles. The average Bonchev–Trinajstić information content (AvgIpc) is 2.66. The number of carbonyl (C=O) groups is 2. The second-order valence-electron chi connectivity index (χ2n) is 5.91. The lowest BCUT2D eigenvalue weighted by atomic mass is 10.1. The Hall–Kier alpha value is -2.42. The van der Waals surface area contributed by atoms with E-state index in [1.165, 1.54) is 38.3 Å². The molecule has 0 heterocycles. The Kier molecular flexibility index (Phi) is 7.17. The van der Waals surface area contributed by atoms with Gasteiger partial charge in [-0.2, -0.15) is 4.31 Å². The molecule has 0 spiro atoms. The van der Waals surface area contributed by atoms with Gasteiger partial charge in [0.05, 0.1) is 23.6 Å². The van der Waals surface area contributed by atoms with E-state index in [0.29, 0.717) is 17.0 Å². The number of amides is 1. The smallest absolute Gasteiger partial charge is 0.243 e. The van der Waals surface area contributed by atoms with Crippen LogP contribution in [0.15, 0.2) is 47.4 Å². The molecule has 0 saturated heterocycles. The topological polar surface area (TPSA) is 92.8 Å². The van der Waals surface area contributed by atoms with E-state index in [-0.39, 0.29) is 28.8 Å². The van der Waals surface area contributed by atoms with Gasteiger partial charge in [-0.1, -0.05) is 30.7 Å². The summed E-state index contributed by atoms with van der Waals surface area (Å²) in [5.41, 5.74) is 0.865. The minimum Gasteiger partial charge on any atom is -0.495 e. The SMILES string of the molecule is CCN(CC(=O)Nc1cccc(C(C)=O)c1)S(=O)(=O)c1ccc(OC)c(Cl)c1. The number of anilines is 1. The van der Waals surface area contributed by atoms with Gasteiger partial charge in [-0.05, 0) is 37.3 Å². The number of ether oxygens (including phenoxy) is 1. The second-order valence-corrected chi connectivity index (χ2v) is 8.26. The highest BCUT2D eigenvalue weighted by Gasteiger charge is 2.26. The Labute approximate surface area is 169 Å². The molecule has 0 unspecified atom stereocenters. The van der Waals surface area contributed by atoms with Gasteiger partial charge in [-0.15, -0.1) is 0 Å². The van der Waals surface area contributed by atoms with Gasteiger partial charge in [-0.25, -0.2) is 8.42 Å². The van der Waals surface area contributed by atoms with Crippen LogP contribution < -0.4 is 10.1 Å². The van der Waals surface area contributed by atoms with E-state index in [1.807, 2.05) is 0 Å². The largest absolute Gasteiger partial charge is 0.495 e. The number of likely N-dealkylation sites (N-methyl/N-ethyl adjacent to an activating group) is 1. The fourth-order valence-electron chi connectivity index (χ4n) is 2.50. The maximum Gasteiger partial charge on any atom is 0.243 e. The number of ketones is 1. The van der Waals surface area contributed by atoms with E-state index in [9.17, 15) is 18.0 Å². The lowest BCUT2D eigenvalue weighted by Crippen LogP contribution is -2.37. The number of hydrogen-bond acceptors (Lipinski definition) is 5. The first kappa shape index (κ1) is 21.9. The van der Waals surface area contributed by atoms with E-state index in [4.69, 9.17) is 16.3 Å². The lowest BCUT2D eigenvalue weighted by Gasteiger charge is -2.20. The molecular formula is C19H21ClN2O5S. The van der Waals surface area contributed by atoms with Crippen LogP contribution in [-0.4, -0.2) is 44.6 Å². The molecule has 1 N–H and O–H groups in total. The van der Waals surface area contributed by atoms with Gasteiger partial charge in [0.2, 0.25) is 15.9 Å². The molecule has 0 atom stereocenters. The lowest BCUT2D eigenvalue weighted by molar-refractivity contribution is -0.116. The zero-order chi connectivity index (χ0) is 20.9. The molecule has 2 rings (SSSR count). The monoisotopic (exact) mass is 424 g/mol. The summed E-state index contributed by atoms with van der Waals surface area (Å²) in [6, 6.07) is 10.5. The molecule has 1 amide bonds. The van der Waals surface area contributed by atoms with E-state index >= 15 is 0 Å². The number of rotatable bonds is 8. The third-order valence-corrected chi connectivity index (χ3v) is 6.20. The predicted molar refractivity (Wildman–Crippen MR) is 108 cm³/mol. The number of benzene rings is 2. The number of carbonyl (C=O) groups excluding carboxylic acids is 2. The van der Waals surface area contributed by atoms with Crippen molar-refractivity contribution in [1.82, 2.24) is 4.31 Å². The summed E-state index contributed by atoms with van der Waals surface area (Å²) in [5, 5.41) is 2.77. The van der Waals surface area contributed by atoms with Crippen molar-refractivity contribution >= 4 is 39.0 Å². The number of nitrogens with zero attached hydrogens (tertiary/aromatic N) is 1. The average molecular weight is 425 g/mol. The van der Waals surface area contributed by atoms with Crippen LogP contribution in [0, 0.1) is 0 Å². The minimum absolute atomic E-state index is 0.0356. The Balaban J connectivity index is 2.18. The van der Waals surface area contributed by atoms with Crippen LogP contribution in [0.1, 0.15) is 24.2 Å². The highest BCUT2D eigenvalue weighted by Crippen LogP contribution is 2.28. The van der Waals surface area contributed by atoms with Gasteiger partial charge in [-0.3, -0.25) is 9.59 Å². The van der Waals surface area contributed by atoms with Crippen molar-refractivity contribution in [2.75, 3.05) is 25.5 Å². The summed E-state index contributed by atoms with van der Waals surface area (Å²) < 4.78 is 31.8. The summed E-state index contributed by atoms with van der Waals surface area (Å²) in [4.78, 5) is 23.8. The Bertz CT molecular complexity index is 992. The normalized spacial score (nSPS) is 11.3. The van der Waals surface area contributed by atoms with Crippen molar-refractivity contribution < 1.29 is 22.7 Å². The highest BCUT2D eigenvalue weighted by molar-refractivity contribution is 7.89. The predicted octanol–water partition coefficient (Wildman–Crippen LogP) is 3.20. The van der Waals surface area contributed by atoms with E-state index in [1.54, 1.807) is 25.1 Å². The first-order valence-electron chi connectivity index (χ1n) is 8.43. The van der Waals surface area contributed by atoms with Crippen molar-refractivity contribution in [3.05, 3.63) is 53.1 Å². The summed E-state index contributed by atoms with van der Waals surface area (Å²) >= 11 is 6.02. The Morgan fingerprint density at radius 2 is 1.89 bits per heavy atom. The van der Waals surface area contributed by atoms with Crippen LogP contribution in [0.25, 0.3) is 0 Å². The molecule has 0 fully saturated rings. The fourth-order valence-corrected chi connectivity index (χ4v) is 4.25. The van der Waals surface area contributed by atoms with Gasteiger partial charge in [0, 0.05) is 17.8 Å². The highest BCUT2D eigenvalue weighted by atomic mass is 35.5. The molecule has 9 heteroatoms. The van der Waals surface area contributed by atoms with E-state index in [2.05, 4.69) is 5.32 Å². The Morgan fingerprint density at radius 1 is 1.18 bits per heavy atom. The molecule has 28 heavy (non-hydrogen) atoms. The zero-order valence-electron chi connectivity index (χ0n) is 15.7. The summed E-state index contributed by atoms with van der Waals surface area (Å²) in [7, 11) is -2.50. The summed E-state index contributed by atoms with van der Waals surface area (Å²) in [5.74, 6) is -0.303. The van der Waals surface area contributed by atoms with Crippen LogP contribution in [0.4, 0.5) is 5.69 Å². The number of sulfonamides is 1. The van der Waals surface area contributed by atoms with E-state index in [0.717, 1.165) is 4.31 Å². The molecule has 0 aliphatic heterocycles. The second kappa shape index (κ2) is 9.18. The van der Waals surface area contributed by atoms with Crippen LogP contribution in [0.5, 0.6) is 5.75 Å². The van der Waals surface area contributed by atoms with Crippen molar-refractivity contribution in [2.24, 2.45) is 0 Å². The van der Waals surface area contributed by atoms with Crippen LogP contribution in [-0.2, 0) is 14.8 Å². The van der Waals surface area contributed by atoms with Crippen molar-refractivity contribution in [3.8, 4) is 5.75 Å². The molecule has 150 valence electrons.